The van der Waals surface area contributed by atoms with E-state index in [0.717, 1.165) is 6.54 Å². The number of hydrogen-bond donors (Lipinski definition) is 1. The summed E-state index contributed by atoms with van der Waals surface area (Å²) in [6.45, 7) is 7.70. The van der Waals surface area contributed by atoms with Crippen LogP contribution in [0.3, 0.4) is 0 Å². The molecule has 0 saturated carbocycles. The molecule has 0 spiro atoms. The molecule has 1 heterocycles. The van der Waals surface area contributed by atoms with Crippen LogP contribution in [0.15, 0.2) is 10.5 Å². The second kappa shape index (κ2) is 7.46. The number of hydrogen-bond acceptors (Lipinski definition) is 2. The number of halogens is 1. The minimum atomic E-state index is 0.632. The van der Waals surface area contributed by atoms with E-state index in [0.29, 0.717) is 6.04 Å². The van der Waals surface area contributed by atoms with Gasteiger partial charge in [0.2, 0.25) is 0 Å². The molecule has 0 aromatic carbocycles. The Hall–Kier alpha value is 0.140. The average Bonchev–Trinajstić information content (AvgIpc) is 2.56. The van der Waals surface area contributed by atoms with E-state index in [1.165, 1.54) is 39.9 Å². The molecule has 1 atom stereocenters. The summed E-state index contributed by atoms with van der Waals surface area (Å²) in [6, 6.07) is 2.86. The van der Waals surface area contributed by atoms with Crippen molar-refractivity contribution in [3.63, 3.8) is 0 Å². The molecule has 0 radical (unpaired) electrons. The van der Waals surface area contributed by atoms with E-state index >= 15 is 0 Å². The van der Waals surface area contributed by atoms with Gasteiger partial charge < -0.3 is 5.32 Å². The van der Waals surface area contributed by atoms with E-state index in [9.17, 15) is 0 Å². The zero-order valence-electron chi connectivity index (χ0n) is 10.5. The molecule has 0 fully saturated rings. The van der Waals surface area contributed by atoms with Crippen LogP contribution in [-0.2, 0) is 6.54 Å². The molecular formula is C13H22BrNS. The van der Waals surface area contributed by atoms with Gasteiger partial charge in [-0.15, -0.1) is 11.3 Å². The fraction of sp³-hybridized carbons (Fsp3) is 0.692. The van der Waals surface area contributed by atoms with Gasteiger partial charge in [0.1, 0.15) is 0 Å². The summed E-state index contributed by atoms with van der Waals surface area (Å²) in [6.07, 6.45) is 5.30. The number of aryl methyl sites for hydroxylation is 1. The zero-order chi connectivity index (χ0) is 12.0. The van der Waals surface area contributed by atoms with Gasteiger partial charge in [-0.05, 0) is 42.3 Å². The van der Waals surface area contributed by atoms with Crippen molar-refractivity contribution in [1.82, 2.24) is 5.32 Å². The van der Waals surface area contributed by atoms with Crippen molar-refractivity contribution >= 4 is 27.3 Å². The molecule has 0 saturated heterocycles. The molecule has 0 aliphatic carbocycles. The minimum absolute atomic E-state index is 0.632. The smallest absolute Gasteiger partial charge is 0.0314 e. The molecule has 16 heavy (non-hydrogen) atoms. The summed E-state index contributed by atoms with van der Waals surface area (Å²) in [7, 11) is 0. The molecule has 1 nitrogen and oxygen atoms in total. The Morgan fingerprint density at radius 3 is 2.75 bits per heavy atom. The van der Waals surface area contributed by atoms with E-state index in [1.54, 1.807) is 0 Å². The van der Waals surface area contributed by atoms with Gasteiger partial charge in [-0.3, -0.25) is 0 Å². The number of rotatable bonds is 7. The summed E-state index contributed by atoms with van der Waals surface area (Å²) in [5, 5.41) is 3.59. The van der Waals surface area contributed by atoms with Crippen LogP contribution in [0.4, 0.5) is 0 Å². The Labute approximate surface area is 112 Å². The summed E-state index contributed by atoms with van der Waals surface area (Å²) in [5.41, 5.74) is 0. The highest BCUT2D eigenvalue weighted by atomic mass is 79.9. The van der Waals surface area contributed by atoms with Crippen molar-refractivity contribution in [2.24, 2.45) is 0 Å². The second-order valence-corrected chi connectivity index (χ2v) is 6.59. The van der Waals surface area contributed by atoms with Gasteiger partial charge >= 0.3 is 0 Å². The quantitative estimate of drug-likeness (QED) is 0.708. The van der Waals surface area contributed by atoms with E-state index in [4.69, 9.17) is 0 Å². The molecule has 0 bridgehead atoms. The third-order valence-corrected chi connectivity index (χ3v) is 4.91. The maximum absolute atomic E-state index is 3.59. The van der Waals surface area contributed by atoms with Crippen molar-refractivity contribution in [2.45, 2.75) is 59.0 Å². The van der Waals surface area contributed by atoms with Crippen molar-refractivity contribution in [3.8, 4) is 0 Å². The van der Waals surface area contributed by atoms with Crippen molar-refractivity contribution in [2.75, 3.05) is 0 Å². The van der Waals surface area contributed by atoms with Gasteiger partial charge in [-0.25, -0.2) is 0 Å². The van der Waals surface area contributed by atoms with Gasteiger partial charge in [0.05, 0.1) is 0 Å². The second-order valence-electron chi connectivity index (χ2n) is 4.39. The molecule has 1 N–H and O–H groups in total. The SMILES string of the molecule is CCCCCC(C)NCc1cc(Br)c(C)s1. The lowest BCUT2D eigenvalue weighted by Gasteiger charge is -2.12. The molecule has 1 rings (SSSR count). The highest BCUT2D eigenvalue weighted by Crippen LogP contribution is 2.26. The molecule has 92 valence electrons. The van der Waals surface area contributed by atoms with Crippen LogP contribution in [0, 0.1) is 6.92 Å². The first kappa shape index (κ1) is 14.2. The van der Waals surface area contributed by atoms with Crippen LogP contribution in [0.2, 0.25) is 0 Å². The van der Waals surface area contributed by atoms with E-state index in [1.807, 2.05) is 11.3 Å². The maximum atomic E-state index is 3.59. The van der Waals surface area contributed by atoms with Crippen LogP contribution in [0.25, 0.3) is 0 Å². The van der Waals surface area contributed by atoms with Gasteiger partial charge in [0, 0.05) is 26.8 Å². The number of unbranched alkanes of at least 4 members (excludes halogenated alkanes) is 2. The minimum Gasteiger partial charge on any atom is -0.309 e. The lowest BCUT2D eigenvalue weighted by Crippen LogP contribution is -2.24. The summed E-state index contributed by atoms with van der Waals surface area (Å²) in [5.74, 6) is 0. The Kier molecular flexibility index (Phi) is 6.62. The van der Waals surface area contributed by atoms with Gasteiger partial charge in [-0.1, -0.05) is 26.2 Å². The van der Waals surface area contributed by atoms with Crippen LogP contribution < -0.4 is 5.32 Å². The first-order chi connectivity index (χ1) is 7.63. The molecule has 0 aliphatic heterocycles. The first-order valence-corrected chi connectivity index (χ1v) is 7.72. The summed E-state index contributed by atoms with van der Waals surface area (Å²) in [4.78, 5) is 2.79. The summed E-state index contributed by atoms with van der Waals surface area (Å²) < 4.78 is 1.24. The largest absolute Gasteiger partial charge is 0.309 e. The van der Waals surface area contributed by atoms with Crippen molar-refractivity contribution in [1.29, 1.82) is 0 Å². The van der Waals surface area contributed by atoms with E-state index in [-0.39, 0.29) is 0 Å². The first-order valence-electron chi connectivity index (χ1n) is 6.11. The Bertz CT molecular complexity index is 289. The van der Waals surface area contributed by atoms with Gasteiger partial charge in [-0.2, -0.15) is 0 Å². The highest BCUT2D eigenvalue weighted by molar-refractivity contribution is 9.10. The highest BCUT2D eigenvalue weighted by Gasteiger charge is 2.05. The number of nitrogens with one attached hydrogen (secondary N) is 1. The lowest BCUT2D eigenvalue weighted by molar-refractivity contribution is 0.489. The molecule has 1 aromatic heterocycles. The van der Waals surface area contributed by atoms with Gasteiger partial charge in [0.25, 0.3) is 0 Å². The Balaban J connectivity index is 2.23. The zero-order valence-corrected chi connectivity index (χ0v) is 12.9. The van der Waals surface area contributed by atoms with Crippen molar-refractivity contribution in [3.05, 3.63) is 20.3 Å². The van der Waals surface area contributed by atoms with Crippen LogP contribution in [-0.4, -0.2) is 6.04 Å². The van der Waals surface area contributed by atoms with Crippen LogP contribution in [0.5, 0.6) is 0 Å². The fourth-order valence-electron chi connectivity index (χ4n) is 1.68. The average molecular weight is 304 g/mol. The van der Waals surface area contributed by atoms with Gasteiger partial charge in [0.15, 0.2) is 0 Å². The standard InChI is InChI=1S/C13H22BrNS/c1-4-5-6-7-10(2)15-9-12-8-13(14)11(3)16-12/h8,10,15H,4-7,9H2,1-3H3. The van der Waals surface area contributed by atoms with Crippen molar-refractivity contribution < 1.29 is 0 Å². The third-order valence-electron chi connectivity index (χ3n) is 2.77. The Morgan fingerprint density at radius 1 is 1.44 bits per heavy atom. The maximum Gasteiger partial charge on any atom is 0.0314 e. The predicted molar refractivity (Wildman–Crippen MR) is 77.2 cm³/mol. The Morgan fingerprint density at radius 2 is 2.19 bits per heavy atom. The lowest BCUT2D eigenvalue weighted by atomic mass is 10.1. The van der Waals surface area contributed by atoms with Crippen LogP contribution >= 0.6 is 27.3 Å². The predicted octanol–water partition coefficient (Wildman–Crippen LogP) is 4.88. The topological polar surface area (TPSA) is 12.0 Å². The molecular weight excluding hydrogens is 282 g/mol. The summed E-state index contributed by atoms with van der Waals surface area (Å²) >= 11 is 5.43. The van der Waals surface area contributed by atoms with Crippen LogP contribution in [0.1, 0.15) is 49.3 Å². The molecule has 0 aliphatic rings. The number of thiophene rings is 1. The molecule has 0 amide bonds. The normalized spacial score (nSPS) is 13.0. The molecule has 3 heteroatoms. The molecule has 1 aromatic rings. The monoisotopic (exact) mass is 303 g/mol. The van der Waals surface area contributed by atoms with E-state index < -0.39 is 0 Å². The third kappa shape index (κ3) is 4.98. The fourth-order valence-corrected chi connectivity index (χ4v) is 3.24. The molecule has 1 unspecified atom stereocenters. The van der Waals surface area contributed by atoms with E-state index in [2.05, 4.69) is 48.1 Å².